The van der Waals surface area contributed by atoms with E-state index in [1.54, 1.807) is 18.0 Å². The Bertz CT molecular complexity index is 1180. The number of aryl methyl sites for hydroxylation is 2. The van der Waals surface area contributed by atoms with Crippen molar-refractivity contribution in [1.29, 1.82) is 0 Å². The van der Waals surface area contributed by atoms with Gasteiger partial charge in [-0.1, -0.05) is 36.4 Å². The Balaban J connectivity index is 1.73. The molecule has 30 heavy (non-hydrogen) atoms. The summed E-state index contributed by atoms with van der Waals surface area (Å²) in [6.07, 6.45) is 3.58. The Hall–Kier alpha value is -3.86. The lowest BCUT2D eigenvalue weighted by molar-refractivity contribution is 0.102. The average molecular weight is 397 g/mol. The molecule has 5 nitrogen and oxygen atoms in total. The lowest BCUT2D eigenvalue weighted by Crippen LogP contribution is -2.16. The normalized spacial score (nSPS) is 10.6. The predicted molar refractivity (Wildman–Crippen MR) is 119 cm³/mol. The van der Waals surface area contributed by atoms with Gasteiger partial charge in [-0.05, 0) is 66.4 Å². The van der Waals surface area contributed by atoms with Gasteiger partial charge < -0.3 is 10.1 Å². The Morgan fingerprint density at radius 1 is 1.00 bits per heavy atom. The molecule has 0 radical (unpaired) electrons. The second kappa shape index (κ2) is 8.25. The van der Waals surface area contributed by atoms with Crippen molar-refractivity contribution >= 4 is 11.6 Å². The fraction of sp³-hybridized carbons (Fsp3) is 0.120. The minimum atomic E-state index is -0.156. The van der Waals surface area contributed by atoms with Crippen molar-refractivity contribution in [3.63, 3.8) is 0 Å². The third-order valence-corrected chi connectivity index (χ3v) is 5.05. The van der Waals surface area contributed by atoms with Crippen molar-refractivity contribution in [1.82, 2.24) is 9.78 Å². The molecule has 0 atom stereocenters. The van der Waals surface area contributed by atoms with Crippen molar-refractivity contribution in [2.24, 2.45) is 0 Å². The lowest BCUT2D eigenvalue weighted by Gasteiger charge is -2.16. The first-order valence-electron chi connectivity index (χ1n) is 9.73. The standard InChI is InChI=1S/C25H23N3O2/c1-17-8-13-22(23(16-17)28-15-5-14-26-28)27-25(29)24-18(2)6-4-7-21(24)19-9-11-20(30-3)12-10-19/h4-16H,1-3H3,(H,27,29). The second-order valence-electron chi connectivity index (χ2n) is 7.15. The molecular weight excluding hydrogens is 374 g/mol. The number of amides is 1. The van der Waals surface area contributed by atoms with Gasteiger partial charge in [0.2, 0.25) is 0 Å². The second-order valence-corrected chi connectivity index (χ2v) is 7.15. The molecule has 0 saturated carbocycles. The van der Waals surface area contributed by atoms with E-state index in [9.17, 15) is 4.79 Å². The molecule has 5 heteroatoms. The molecule has 0 aliphatic rings. The van der Waals surface area contributed by atoms with Gasteiger partial charge in [0.05, 0.1) is 24.0 Å². The van der Waals surface area contributed by atoms with E-state index in [0.29, 0.717) is 11.3 Å². The number of aromatic nitrogens is 2. The van der Waals surface area contributed by atoms with Gasteiger partial charge in [-0.25, -0.2) is 4.68 Å². The summed E-state index contributed by atoms with van der Waals surface area (Å²) in [5.41, 5.74) is 6.02. The highest BCUT2D eigenvalue weighted by molar-refractivity contribution is 6.10. The van der Waals surface area contributed by atoms with Crippen LogP contribution >= 0.6 is 0 Å². The van der Waals surface area contributed by atoms with Crippen LogP contribution in [0.5, 0.6) is 5.75 Å². The highest BCUT2D eigenvalue weighted by Gasteiger charge is 2.17. The van der Waals surface area contributed by atoms with Crippen LogP contribution in [0.1, 0.15) is 21.5 Å². The Morgan fingerprint density at radius 3 is 2.50 bits per heavy atom. The number of rotatable bonds is 5. The number of methoxy groups -OCH3 is 1. The minimum absolute atomic E-state index is 0.156. The van der Waals surface area contributed by atoms with Gasteiger partial charge in [0, 0.05) is 12.4 Å². The molecule has 150 valence electrons. The number of carbonyl (C=O) groups excluding carboxylic acids is 1. The summed E-state index contributed by atoms with van der Waals surface area (Å²) >= 11 is 0. The molecule has 0 fully saturated rings. The number of hydrogen-bond donors (Lipinski definition) is 1. The Kier molecular flexibility index (Phi) is 5.35. The first-order valence-corrected chi connectivity index (χ1v) is 9.73. The number of anilines is 1. The summed E-state index contributed by atoms with van der Waals surface area (Å²) in [7, 11) is 1.64. The molecule has 0 aliphatic carbocycles. The van der Waals surface area contributed by atoms with E-state index in [4.69, 9.17) is 4.74 Å². The minimum Gasteiger partial charge on any atom is -0.497 e. The zero-order valence-corrected chi connectivity index (χ0v) is 17.2. The molecule has 0 spiro atoms. The topological polar surface area (TPSA) is 56.1 Å². The first kappa shape index (κ1) is 19.5. The van der Waals surface area contributed by atoms with Crippen molar-refractivity contribution in [3.05, 3.63) is 95.8 Å². The molecule has 1 aromatic heterocycles. The van der Waals surface area contributed by atoms with E-state index in [1.165, 1.54) is 0 Å². The maximum absolute atomic E-state index is 13.4. The molecule has 1 N–H and O–H groups in total. The molecule has 3 aromatic carbocycles. The van der Waals surface area contributed by atoms with Gasteiger partial charge >= 0.3 is 0 Å². The van der Waals surface area contributed by atoms with Crippen molar-refractivity contribution in [2.75, 3.05) is 12.4 Å². The summed E-state index contributed by atoms with van der Waals surface area (Å²) in [4.78, 5) is 13.4. The van der Waals surface area contributed by atoms with Crippen molar-refractivity contribution in [3.8, 4) is 22.6 Å². The van der Waals surface area contributed by atoms with Crippen LogP contribution in [0.3, 0.4) is 0 Å². The smallest absolute Gasteiger partial charge is 0.256 e. The van der Waals surface area contributed by atoms with Crippen LogP contribution in [0, 0.1) is 13.8 Å². The number of carbonyl (C=O) groups is 1. The van der Waals surface area contributed by atoms with Crippen LogP contribution in [0.4, 0.5) is 5.69 Å². The average Bonchev–Trinajstić information content (AvgIpc) is 3.29. The summed E-state index contributed by atoms with van der Waals surface area (Å²) in [5, 5.41) is 7.41. The van der Waals surface area contributed by atoms with E-state index in [2.05, 4.69) is 10.4 Å². The van der Waals surface area contributed by atoms with Crippen molar-refractivity contribution < 1.29 is 9.53 Å². The lowest BCUT2D eigenvalue weighted by atomic mass is 9.95. The third kappa shape index (κ3) is 3.82. The maximum atomic E-state index is 13.4. The molecule has 4 aromatic rings. The molecule has 4 rings (SSSR count). The number of nitrogens with one attached hydrogen (secondary N) is 1. The van der Waals surface area contributed by atoms with Crippen molar-refractivity contribution in [2.45, 2.75) is 13.8 Å². The van der Waals surface area contributed by atoms with Crippen LogP contribution in [0.2, 0.25) is 0 Å². The van der Waals surface area contributed by atoms with Gasteiger partial charge in [-0.15, -0.1) is 0 Å². The predicted octanol–water partition coefficient (Wildman–Crippen LogP) is 5.42. The van der Waals surface area contributed by atoms with E-state index in [1.807, 2.05) is 86.8 Å². The molecule has 1 amide bonds. The summed E-state index contributed by atoms with van der Waals surface area (Å²) in [5.74, 6) is 0.622. The summed E-state index contributed by atoms with van der Waals surface area (Å²) < 4.78 is 7.01. The highest BCUT2D eigenvalue weighted by atomic mass is 16.5. The third-order valence-electron chi connectivity index (χ3n) is 5.05. The van der Waals surface area contributed by atoms with Gasteiger partial charge in [0.1, 0.15) is 5.75 Å². The first-order chi connectivity index (χ1) is 14.6. The van der Waals surface area contributed by atoms with Crippen LogP contribution in [0.15, 0.2) is 79.1 Å². The van der Waals surface area contributed by atoms with E-state index in [-0.39, 0.29) is 5.91 Å². The van der Waals surface area contributed by atoms with Crippen LogP contribution < -0.4 is 10.1 Å². The number of ether oxygens (including phenoxy) is 1. The monoisotopic (exact) mass is 397 g/mol. The fourth-order valence-corrected chi connectivity index (χ4v) is 3.51. The van der Waals surface area contributed by atoms with E-state index >= 15 is 0 Å². The molecule has 0 saturated heterocycles. The molecule has 0 aliphatic heterocycles. The van der Waals surface area contributed by atoms with E-state index < -0.39 is 0 Å². The van der Waals surface area contributed by atoms with Gasteiger partial charge in [-0.2, -0.15) is 5.10 Å². The molecule has 0 bridgehead atoms. The Morgan fingerprint density at radius 2 is 1.80 bits per heavy atom. The molecule has 1 heterocycles. The fourth-order valence-electron chi connectivity index (χ4n) is 3.51. The summed E-state index contributed by atoms with van der Waals surface area (Å²) in [6.45, 7) is 3.97. The molecule has 0 unspecified atom stereocenters. The van der Waals surface area contributed by atoms with Gasteiger partial charge in [-0.3, -0.25) is 4.79 Å². The molecular formula is C25H23N3O2. The zero-order chi connectivity index (χ0) is 21.1. The Labute approximate surface area is 175 Å². The number of nitrogens with zero attached hydrogens (tertiary/aromatic N) is 2. The number of benzene rings is 3. The van der Waals surface area contributed by atoms with Gasteiger partial charge in [0.15, 0.2) is 0 Å². The van der Waals surface area contributed by atoms with Crippen LogP contribution in [-0.2, 0) is 0 Å². The highest BCUT2D eigenvalue weighted by Crippen LogP contribution is 2.29. The van der Waals surface area contributed by atoms with Gasteiger partial charge in [0.25, 0.3) is 5.91 Å². The number of hydrogen-bond acceptors (Lipinski definition) is 3. The largest absolute Gasteiger partial charge is 0.497 e. The van der Waals surface area contributed by atoms with E-state index in [0.717, 1.165) is 33.7 Å². The zero-order valence-electron chi connectivity index (χ0n) is 17.2. The van der Waals surface area contributed by atoms with Crippen LogP contribution in [-0.4, -0.2) is 22.8 Å². The maximum Gasteiger partial charge on any atom is 0.256 e. The van der Waals surface area contributed by atoms with Crippen LogP contribution in [0.25, 0.3) is 16.8 Å². The SMILES string of the molecule is COc1ccc(-c2cccc(C)c2C(=O)Nc2ccc(C)cc2-n2cccn2)cc1. The summed E-state index contributed by atoms with van der Waals surface area (Å²) in [6, 6.07) is 21.4. The quantitative estimate of drug-likeness (QED) is 0.489.